The van der Waals surface area contributed by atoms with Gasteiger partial charge in [-0.3, -0.25) is 0 Å². The fourth-order valence-corrected chi connectivity index (χ4v) is 1.82. The Bertz CT molecular complexity index is 467. The minimum Gasteiger partial charge on any atom is -0.465 e. The molecule has 0 fully saturated rings. The molecule has 0 aromatic carbocycles. The first-order chi connectivity index (χ1) is 8.28. The Morgan fingerprint density at radius 3 is 2.61 bits per heavy atom. The fraction of sp³-hybridized carbons (Fsp3) is 0.333. The predicted molar refractivity (Wildman–Crippen MR) is 64.5 cm³/mol. The van der Waals surface area contributed by atoms with Crippen LogP contribution in [0.5, 0.6) is 5.88 Å². The monoisotopic (exact) mass is 395 g/mol. The minimum absolute atomic E-state index is 0.00595. The van der Waals surface area contributed by atoms with Gasteiger partial charge in [-0.05, 0) is 28.7 Å². The number of ether oxygens (including phenoxy) is 2. The van der Waals surface area contributed by atoms with Crippen LogP contribution in [0.4, 0.5) is 13.2 Å². The minimum atomic E-state index is -4.86. The van der Waals surface area contributed by atoms with Crippen molar-refractivity contribution < 1.29 is 27.4 Å². The van der Waals surface area contributed by atoms with Crippen LogP contribution in [-0.4, -0.2) is 24.4 Å². The number of hydrogen-bond acceptors (Lipinski definition) is 4. The van der Waals surface area contributed by atoms with Crippen LogP contribution < -0.4 is 4.74 Å². The molecule has 0 unspecified atom stereocenters. The van der Waals surface area contributed by atoms with Gasteiger partial charge in [-0.1, -0.05) is 0 Å². The Labute approximate surface area is 119 Å². The molecular formula is C9H6ClF3INO3. The van der Waals surface area contributed by atoms with Crippen molar-refractivity contribution in [3.8, 4) is 5.88 Å². The van der Waals surface area contributed by atoms with Gasteiger partial charge < -0.3 is 9.47 Å². The van der Waals surface area contributed by atoms with E-state index < -0.39 is 18.2 Å². The highest BCUT2D eigenvalue weighted by Crippen LogP contribution is 2.28. The van der Waals surface area contributed by atoms with E-state index in [1.165, 1.54) is 6.07 Å². The van der Waals surface area contributed by atoms with Crippen molar-refractivity contribution in [2.75, 3.05) is 7.11 Å². The Kier molecular flexibility index (Phi) is 5.02. The smallest absolute Gasteiger partial charge is 0.465 e. The summed E-state index contributed by atoms with van der Waals surface area (Å²) in [5.74, 6) is -1.61. The molecule has 4 nitrogen and oxygen atoms in total. The second-order valence-electron chi connectivity index (χ2n) is 2.94. The number of halogens is 5. The van der Waals surface area contributed by atoms with Gasteiger partial charge in [0.1, 0.15) is 0 Å². The lowest BCUT2D eigenvalue weighted by Crippen LogP contribution is -2.20. The molecule has 0 bridgehead atoms. The topological polar surface area (TPSA) is 48.4 Å². The van der Waals surface area contributed by atoms with Crippen LogP contribution in [0, 0.1) is 3.57 Å². The molecule has 0 amide bonds. The van der Waals surface area contributed by atoms with E-state index in [-0.39, 0.29) is 20.7 Å². The largest absolute Gasteiger partial charge is 0.574 e. The molecule has 0 aliphatic heterocycles. The SMILES string of the molecule is COC(=O)c1cc(I)c(OC(F)(F)F)nc1CCl. The molecule has 0 atom stereocenters. The molecule has 0 aliphatic rings. The molecule has 0 saturated heterocycles. The number of alkyl halides is 4. The van der Waals surface area contributed by atoms with E-state index in [0.717, 1.165) is 7.11 Å². The van der Waals surface area contributed by atoms with Gasteiger partial charge >= 0.3 is 12.3 Å². The molecule has 0 N–H and O–H groups in total. The molecule has 100 valence electrons. The highest BCUT2D eigenvalue weighted by atomic mass is 127. The van der Waals surface area contributed by atoms with E-state index in [0.29, 0.717) is 0 Å². The lowest BCUT2D eigenvalue weighted by molar-refractivity contribution is -0.276. The first-order valence-electron chi connectivity index (χ1n) is 4.38. The van der Waals surface area contributed by atoms with E-state index in [1.807, 2.05) is 0 Å². The summed E-state index contributed by atoms with van der Waals surface area (Å²) in [7, 11) is 1.15. The van der Waals surface area contributed by atoms with Crippen LogP contribution in [0.15, 0.2) is 6.07 Å². The van der Waals surface area contributed by atoms with E-state index in [9.17, 15) is 18.0 Å². The highest BCUT2D eigenvalue weighted by molar-refractivity contribution is 14.1. The van der Waals surface area contributed by atoms with E-state index in [1.54, 1.807) is 22.6 Å². The second-order valence-corrected chi connectivity index (χ2v) is 4.37. The van der Waals surface area contributed by atoms with Crippen LogP contribution in [0.25, 0.3) is 0 Å². The van der Waals surface area contributed by atoms with Crippen molar-refractivity contribution in [1.29, 1.82) is 0 Å². The number of hydrogen-bond donors (Lipinski definition) is 0. The summed E-state index contributed by atoms with van der Waals surface area (Å²) in [6, 6.07) is 1.18. The van der Waals surface area contributed by atoms with Crippen LogP contribution in [-0.2, 0) is 10.6 Å². The molecule has 0 saturated carbocycles. The molecule has 0 aliphatic carbocycles. The van der Waals surface area contributed by atoms with Gasteiger partial charge in [0.2, 0.25) is 5.88 Å². The summed E-state index contributed by atoms with van der Waals surface area (Å²) in [6.07, 6.45) is -4.86. The average molecular weight is 396 g/mol. The first kappa shape index (κ1) is 15.3. The van der Waals surface area contributed by atoms with Gasteiger partial charge in [-0.15, -0.1) is 24.8 Å². The molecule has 9 heteroatoms. The maximum atomic E-state index is 12.1. The zero-order chi connectivity index (χ0) is 13.9. The Morgan fingerprint density at radius 2 is 2.17 bits per heavy atom. The Balaban J connectivity index is 3.22. The summed E-state index contributed by atoms with van der Waals surface area (Å²) in [5.41, 5.74) is -0.0328. The highest BCUT2D eigenvalue weighted by Gasteiger charge is 2.33. The first-order valence-corrected chi connectivity index (χ1v) is 5.99. The van der Waals surface area contributed by atoms with E-state index in [2.05, 4.69) is 14.5 Å². The molecular weight excluding hydrogens is 389 g/mol. The van der Waals surface area contributed by atoms with Gasteiger partial charge in [0, 0.05) is 0 Å². The van der Waals surface area contributed by atoms with Crippen LogP contribution >= 0.6 is 34.2 Å². The van der Waals surface area contributed by atoms with Crippen molar-refractivity contribution in [1.82, 2.24) is 4.98 Å². The van der Waals surface area contributed by atoms with Crippen molar-refractivity contribution >= 4 is 40.2 Å². The Hall–Kier alpha value is -0.770. The number of carbonyl (C=O) groups is 1. The third kappa shape index (κ3) is 3.87. The van der Waals surface area contributed by atoms with Crippen LogP contribution in [0.1, 0.15) is 16.1 Å². The van der Waals surface area contributed by atoms with Gasteiger partial charge in [0.05, 0.1) is 27.8 Å². The number of nitrogens with zero attached hydrogens (tertiary/aromatic N) is 1. The number of carbonyl (C=O) groups excluding carboxylic acids is 1. The molecule has 18 heavy (non-hydrogen) atoms. The van der Waals surface area contributed by atoms with Crippen molar-refractivity contribution in [3.05, 3.63) is 20.9 Å². The number of esters is 1. The number of aromatic nitrogens is 1. The van der Waals surface area contributed by atoms with Crippen LogP contribution in [0.2, 0.25) is 0 Å². The average Bonchev–Trinajstić information content (AvgIpc) is 2.28. The van der Waals surface area contributed by atoms with Gasteiger partial charge in [0.25, 0.3) is 0 Å². The third-order valence-electron chi connectivity index (χ3n) is 1.77. The summed E-state index contributed by atoms with van der Waals surface area (Å²) in [6.45, 7) is 0. The molecule has 1 heterocycles. The summed E-state index contributed by atoms with van der Waals surface area (Å²) < 4.78 is 44.5. The van der Waals surface area contributed by atoms with Crippen molar-refractivity contribution in [2.24, 2.45) is 0 Å². The Morgan fingerprint density at radius 1 is 1.56 bits per heavy atom. The van der Waals surface area contributed by atoms with Gasteiger partial charge in [0.15, 0.2) is 0 Å². The maximum absolute atomic E-state index is 12.1. The van der Waals surface area contributed by atoms with E-state index >= 15 is 0 Å². The number of rotatable bonds is 3. The van der Waals surface area contributed by atoms with Crippen molar-refractivity contribution in [3.63, 3.8) is 0 Å². The lowest BCUT2D eigenvalue weighted by Gasteiger charge is -2.12. The molecule has 0 radical (unpaired) electrons. The predicted octanol–water partition coefficient (Wildman–Crippen LogP) is 3.11. The molecule has 1 aromatic rings. The zero-order valence-corrected chi connectivity index (χ0v) is 11.8. The quantitative estimate of drug-likeness (QED) is 0.448. The molecule has 1 rings (SSSR count). The normalized spacial score (nSPS) is 11.2. The number of pyridine rings is 1. The van der Waals surface area contributed by atoms with Gasteiger partial charge in [-0.25, -0.2) is 9.78 Å². The lowest BCUT2D eigenvalue weighted by atomic mass is 10.2. The molecule has 0 spiro atoms. The van der Waals surface area contributed by atoms with Crippen molar-refractivity contribution in [2.45, 2.75) is 12.2 Å². The summed E-state index contributed by atoms with van der Waals surface area (Å²) in [5, 5.41) is 0. The summed E-state index contributed by atoms with van der Waals surface area (Å²) >= 11 is 7.09. The van der Waals surface area contributed by atoms with E-state index in [4.69, 9.17) is 11.6 Å². The maximum Gasteiger partial charge on any atom is 0.574 e. The van der Waals surface area contributed by atoms with Crippen LogP contribution in [0.3, 0.4) is 0 Å². The molecule has 1 aromatic heterocycles. The third-order valence-corrected chi connectivity index (χ3v) is 2.79. The zero-order valence-electron chi connectivity index (χ0n) is 8.85. The van der Waals surface area contributed by atoms with Gasteiger partial charge in [-0.2, -0.15) is 0 Å². The second kappa shape index (κ2) is 5.91. The summed E-state index contributed by atoms with van der Waals surface area (Å²) in [4.78, 5) is 14.9. The standard InChI is InChI=1S/C9H6ClF3INO3/c1-17-8(16)4-2-5(14)7(15-6(4)3-10)18-9(11,12)13/h2H,3H2,1H3. The fourth-order valence-electron chi connectivity index (χ4n) is 1.08. The number of methoxy groups -OCH3 is 1.